The van der Waals surface area contributed by atoms with Crippen LogP contribution < -0.4 is 5.32 Å². The molecule has 5 aliphatic carbocycles. The number of anilines is 1. The van der Waals surface area contributed by atoms with Crippen molar-refractivity contribution in [1.29, 1.82) is 0 Å². The molecule has 3 fully saturated rings. The number of aliphatic carboxylic acids is 1. The highest BCUT2D eigenvalue weighted by molar-refractivity contribution is 5.76. The number of rotatable bonds is 2. The Balaban J connectivity index is 1.49. The summed E-state index contributed by atoms with van der Waals surface area (Å²) in [5.41, 5.74) is 3.80. The molecule has 1 heterocycles. The molecule has 3 saturated carbocycles. The fourth-order valence-electron chi connectivity index (χ4n) is 11.7. The molecule has 5 aliphatic rings. The summed E-state index contributed by atoms with van der Waals surface area (Å²) in [6.07, 6.45) is 10.8. The van der Waals surface area contributed by atoms with Crippen molar-refractivity contribution >= 4 is 11.8 Å². The topological polar surface area (TPSA) is 75.1 Å². The third-order valence-corrected chi connectivity index (χ3v) is 14.1. The molecule has 39 heavy (non-hydrogen) atoms. The average molecular weight is 534 g/mol. The van der Waals surface area contributed by atoms with Crippen molar-refractivity contribution in [3.8, 4) is 0 Å². The summed E-state index contributed by atoms with van der Waals surface area (Å²) in [5.74, 6) is 3.57. The van der Waals surface area contributed by atoms with Crippen LogP contribution in [0.2, 0.25) is 0 Å². The molecule has 5 nitrogen and oxygen atoms in total. The van der Waals surface area contributed by atoms with Gasteiger partial charge in [-0.2, -0.15) is 0 Å². The Morgan fingerprint density at radius 1 is 1.00 bits per heavy atom. The van der Waals surface area contributed by atoms with Crippen LogP contribution in [0, 0.1) is 58.2 Å². The van der Waals surface area contributed by atoms with Gasteiger partial charge in [0, 0.05) is 18.0 Å². The lowest BCUT2D eigenvalue weighted by Crippen LogP contribution is -2.65. The zero-order valence-electron chi connectivity index (χ0n) is 25.9. The quantitative estimate of drug-likeness (QED) is 0.383. The molecule has 0 spiro atoms. The molecule has 1 aromatic rings. The highest BCUT2D eigenvalue weighted by Crippen LogP contribution is 2.75. The van der Waals surface area contributed by atoms with E-state index in [0.717, 1.165) is 50.2 Å². The van der Waals surface area contributed by atoms with Crippen molar-refractivity contribution in [2.45, 2.75) is 112 Å². The lowest BCUT2D eigenvalue weighted by Gasteiger charge is -2.70. The first-order valence-corrected chi connectivity index (χ1v) is 15.7. The van der Waals surface area contributed by atoms with Crippen molar-refractivity contribution in [1.82, 2.24) is 9.97 Å². The van der Waals surface area contributed by atoms with Crippen molar-refractivity contribution in [3.63, 3.8) is 0 Å². The van der Waals surface area contributed by atoms with Gasteiger partial charge in [-0.15, -0.1) is 0 Å². The van der Waals surface area contributed by atoms with Gasteiger partial charge < -0.3 is 10.4 Å². The van der Waals surface area contributed by atoms with Gasteiger partial charge in [0.05, 0.1) is 11.1 Å². The van der Waals surface area contributed by atoms with Gasteiger partial charge in [0.25, 0.3) is 0 Å². The van der Waals surface area contributed by atoms with E-state index in [1.54, 1.807) is 0 Å². The smallest absolute Gasteiger partial charge is 0.310 e. The number of carboxylic acid groups (broad SMARTS) is 1. The maximum Gasteiger partial charge on any atom is 0.310 e. The maximum absolute atomic E-state index is 13.0. The summed E-state index contributed by atoms with van der Waals surface area (Å²) in [4.78, 5) is 22.9. The van der Waals surface area contributed by atoms with Crippen LogP contribution in [0.1, 0.15) is 110 Å². The SMILES string of the molecule is CNc1nc(C)nc2c1CC1(C)C(CCC3(C)C1CC=C1C4C(C)C(C)CCC4(C(=O)O)CCC13C)C2(C)C. The normalized spacial score (nSPS) is 46.0. The van der Waals surface area contributed by atoms with E-state index in [4.69, 9.17) is 9.97 Å². The molecule has 214 valence electrons. The van der Waals surface area contributed by atoms with Gasteiger partial charge in [-0.1, -0.05) is 60.1 Å². The number of allylic oxidation sites excluding steroid dienone is 2. The summed E-state index contributed by atoms with van der Waals surface area (Å²) in [7, 11) is 1.99. The van der Waals surface area contributed by atoms with E-state index < -0.39 is 11.4 Å². The van der Waals surface area contributed by atoms with E-state index in [1.807, 2.05) is 14.0 Å². The Bertz CT molecular complexity index is 1250. The molecule has 0 radical (unpaired) electrons. The third-order valence-electron chi connectivity index (χ3n) is 14.1. The van der Waals surface area contributed by atoms with Crippen LogP contribution in [0.4, 0.5) is 5.82 Å². The van der Waals surface area contributed by atoms with Gasteiger partial charge in [-0.25, -0.2) is 9.97 Å². The van der Waals surface area contributed by atoms with E-state index in [9.17, 15) is 9.90 Å². The molecule has 9 atom stereocenters. The highest BCUT2D eigenvalue weighted by atomic mass is 16.4. The molecule has 2 N–H and O–H groups in total. The molecular weight excluding hydrogens is 482 g/mol. The molecule has 0 saturated heterocycles. The van der Waals surface area contributed by atoms with E-state index in [1.165, 1.54) is 29.7 Å². The summed E-state index contributed by atoms with van der Waals surface area (Å²) in [5, 5.41) is 14.1. The van der Waals surface area contributed by atoms with Crippen LogP contribution in [0.25, 0.3) is 0 Å². The van der Waals surface area contributed by atoms with Crippen molar-refractivity contribution in [2.75, 3.05) is 12.4 Å². The summed E-state index contributed by atoms with van der Waals surface area (Å²) < 4.78 is 0. The second kappa shape index (κ2) is 8.32. The Kier molecular flexibility index (Phi) is 5.82. The molecule has 1 aromatic heterocycles. The number of carbonyl (C=O) groups is 1. The van der Waals surface area contributed by atoms with Gasteiger partial charge in [0.1, 0.15) is 11.6 Å². The van der Waals surface area contributed by atoms with Crippen molar-refractivity contribution < 1.29 is 9.90 Å². The standard InChI is InChI=1S/C34H51N3O2/c1-19-12-15-34(29(38)39)17-16-32(7)23(26(34)20(19)2)10-11-25-31(6)18-22-27(36-21(3)37-28(22)35-9)30(4,5)24(31)13-14-33(25,32)8/h10,19-20,24-26H,11-18H2,1-9H3,(H,38,39)(H,35,36,37). The number of aryl methyl sites for hydroxylation is 1. The zero-order chi connectivity index (χ0) is 28.3. The number of aromatic nitrogens is 2. The van der Waals surface area contributed by atoms with Gasteiger partial charge in [0.15, 0.2) is 0 Å². The summed E-state index contributed by atoms with van der Waals surface area (Å²) in [6, 6.07) is 0. The number of nitrogens with zero attached hydrogens (tertiary/aromatic N) is 2. The minimum absolute atomic E-state index is 0.0216. The zero-order valence-corrected chi connectivity index (χ0v) is 25.9. The van der Waals surface area contributed by atoms with E-state index in [0.29, 0.717) is 23.7 Å². The number of hydrogen-bond donors (Lipinski definition) is 2. The summed E-state index contributed by atoms with van der Waals surface area (Å²) in [6.45, 7) is 19.3. The maximum atomic E-state index is 13.0. The molecule has 0 aliphatic heterocycles. The van der Waals surface area contributed by atoms with Crippen LogP contribution in [0.3, 0.4) is 0 Å². The molecule has 0 bridgehead atoms. The van der Waals surface area contributed by atoms with Gasteiger partial charge in [0.2, 0.25) is 0 Å². The Hall–Kier alpha value is -1.91. The number of nitrogens with one attached hydrogen (secondary N) is 1. The molecule has 0 aromatic carbocycles. The second-order valence-corrected chi connectivity index (χ2v) is 15.7. The fourth-order valence-corrected chi connectivity index (χ4v) is 11.7. The minimum atomic E-state index is -0.579. The Labute approximate surface area is 236 Å². The third kappa shape index (κ3) is 3.22. The number of carboxylic acids is 1. The van der Waals surface area contributed by atoms with Crippen LogP contribution in [0.5, 0.6) is 0 Å². The van der Waals surface area contributed by atoms with Crippen LogP contribution in [-0.4, -0.2) is 28.1 Å². The number of fused-ring (bicyclic) bond motifs is 8. The van der Waals surface area contributed by atoms with Crippen LogP contribution >= 0.6 is 0 Å². The van der Waals surface area contributed by atoms with Crippen LogP contribution in [-0.2, 0) is 16.6 Å². The molecular formula is C34H51N3O2. The molecule has 0 amide bonds. The molecule has 5 heteroatoms. The van der Waals surface area contributed by atoms with E-state index in [-0.39, 0.29) is 27.6 Å². The van der Waals surface area contributed by atoms with Crippen LogP contribution in [0.15, 0.2) is 11.6 Å². The van der Waals surface area contributed by atoms with Gasteiger partial charge in [-0.3, -0.25) is 4.79 Å². The van der Waals surface area contributed by atoms with Crippen molar-refractivity contribution in [3.05, 3.63) is 28.7 Å². The first-order chi connectivity index (χ1) is 18.2. The van der Waals surface area contributed by atoms with E-state index >= 15 is 0 Å². The average Bonchev–Trinajstić information content (AvgIpc) is 2.86. The molecule has 6 rings (SSSR count). The summed E-state index contributed by atoms with van der Waals surface area (Å²) >= 11 is 0. The van der Waals surface area contributed by atoms with E-state index in [2.05, 4.69) is 59.9 Å². The predicted octanol–water partition coefficient (Wildman–Crippen LogP) is 7.58. The minimum Gasteiger partial charge on any atom is -0.481 e. The highest BCUT2D eigenvalue weighted by Gasteiger charge is 2.69. The Morgan fingerprint density at radius 2 is 1.72 bits per heavy atom. The molecule has 9 unspecified atom stereocenters. The number of hydrogen-bond acceptors (Lipinski definition) is 4. The fraction of sp³-hybridized carbons (Fsp3) is 0.794. The predicted molar refractivity (Wildman–Crippen MR) is 157 cm³/mol. The van der Waals surface area contributed by atoms with Gasteiger partial charge in [-0.05, 0) is 104 Å². The first-order valence-electron chi connectivity index (χ1n) is 15.7. The Morgan fingerprint density at radius 3 is 2.38 bits per heavy atom. The van der Waals surface area contributed by atoms with Crippen molar-refractivity contribution in [2.24, 2.45) is 51.2 Å². The lowest BCUT2D eigenvalue weighted by atomic mass is 9.33. The monoisotopic (exact) mass is 533 g/mol. The van der Waals surface area contributed by atoms with Gasteiger partial charge >= 0.3 is 5.97 Å². The largest absolute Gasteiger partial charge is 0.481 e. The lowest BCUT2D eigenvalue weighted by molar-refractivity contribution is -0.179. The second-order valence-electron chi connectivity index (χ2n) is 15.7. The first kappa shape index (κ1) is 27.3.